The predicted molar refractivity (Wildman–Crippen MR) is 100 cm³/mol. The predicted octanol–water partition coefficient (Wildman–Crippen LogP) is 3.41. The molecule has 140 valence electrons. The largest absolute Gasteiger partial charge is 0.478 e. The first-order chi connectivity index (χ1) is 12.1. The summed E-state index contributed by atoms with van der Waals surface area (Å²) in [5.74, 6) is -1.09. The third kappa shape index (κ3) is 3.46. The van der Waals surface area contributed by atoms with Crippen LogP contribution in [0, 0.1) is 0 Å². The van der Waals surface area contributed by atoms with Crippen LogP contribution in [0.4, 0.5) is 0 Å². The molecule has 1 aromatic heterocycles. The maximum absolute atomic E-state index is 12.9. The first kappa shape index (κ1) is 18.8. The van der Waals surface area contributed by atoms with E-state index in [-0.39, 0.29) is 15.9 Å². The number of hydrogen-bond acceptors (Lipinski definition) is 4. The lowest BCUT2D eigenvalue weighted by molar-refractivity contribution is 0.0698. The van der Waals surface area contributed by atoms with Crippen LogP contribution < -0.4 is 0 Å². The zero-order chi connectivity index (χ0) is 19.1. The highest BCUT2D eigenvalue weighted by Gasteiger charge is 2.27. The average Bonchev–Trinajstić information content (AvgIpc) is 2.60. The van der Waals surface area contributed by atoms with E-state index in [1.807, 2.05) is 20.8 Å². The monoisotopic (exact) mass is 376 g/mol. The van der Waals surface area contributed by atoms with E-state index in [2.05, 4.69) is 4.98 Å². The van der Waals surface area contributed by atoms with Gasteiger partial charge in [0.25, 0.3) is 0 Å². The van der Waals surface area contributed by atoms with E-state index < -0.39 is 16.0 Å². The molecule has 0 amide bonds. The van der Waals surface area contributed by atoms with Gasteiger partial charge in [-0.3, -0.25) is 4.98 Å². The molecule has 0 aliphatic carbocycles. The summed E-state index contributed by atoms with van der Waals surface area (Å²) in [5.41, 5.74) is 0.925. The molecule has 1 N–H and O–H groups in total. The highest BCUT2D eigenvalue weighted by molar-refractivity contribution is 7.89. The second-order valence-electron chi connectivity index (χ2n) is 7.75. The first-order valence-electron chi connectivity index (χ1n) is 8.79. The number of aromatic nitrogens is 1. The van der Waals surface area contributed by atoms with E-state index in [0.717, 1.165) is 19.3 Å². The van der Waals surface area contributed by atoms with Gasteiger partial charge in [0.2, 0.25) is 10.0 Å². The van der Waals surface area contributed by atoms with Gasteiger partial charge in [-0.05, 0) is 37.1 Å². The Morgan fingerprint density at radius 2 is 1.77 bits per heavy atom. The molecule has 0 unspecified atom stereocenters. The van der Waals surface area contributed by atoms with E-state index in [9.17, 15) is 18.3 Å². The molecular weight excluding hydrogens is 352 g/mol. The van der Waals surface area contributed by atoms with Crippen LogP contribution in [0.2, 0.25) is 0 Å². The number of carboxylic acid groups (broad SMARTS) is 1. The van der Waals surface area contributed by atoms with Crippen LogP contribution in [0.1, 0.15) is 56.1 Å². The minimum Gasteiger partial charge on any atom is -0.478 e. The van der Waals surface area contributed by atoms with Crippen LogP contribution in [-0.4, -0.2) is 41.9 Å². The van der Waals surface area contributed by atoms with Gasteiger partial charge in [-0.15, -0.1) is 0 Å². The summed E-state index contributed by atoms with van der Waals surface area (Å²) >= 11 is 0. The number of sulfonamides is 1. The molecule has 0 spiro atoms. The number of rotatable bonds is 3. The molecule has 2 aromatic rings. The molecular formula is C19H24N2O4S. The molecule has 1 aliphatic heterocycles. The number of benzene rings is 1. The van der Waals surface area contributed by atoms with Crippen molar-refractivity contribution in [2.45, 2.75) is 50.3 Å². The summed E-state index contributed by atoms with van der Waals surface area (Å²) in [7, 11) is -3.62. The minimum atomic E-state index is -3.62. The van der Waals surface area contributed by atoms with Gasteiger partial charge in [-0.1, -0.05) is 27.2 Å². The van der Waals surface area contributed by atoms with Crippen LogP contribution in [0.15, 0.2) is 29.2 Å². The number of carboxylic acids is 1. The van der Waals surface area contributed by atoms with Crippen LogP contribution in [0.3, 0.4) is 0 Å². The van der Waals surface area contributed by atoms with Gasteiger partial charge in [0.05, 0.1) is 16.0 Å². The van der Waals surface area contributed by atoms with Crippen molar-refractivity contribution in [3.8, 4) is 0 Å². The normalized spacial score (nSPS) is 16.7. The first-order valence-corrected chi connectivity index (χ1v) is 10.2. The van der Waals surface area contributed by atoms with Crippen molar-refractivity contribution in [1.29, 1.82) is 0 Å². The van der Waals surface area contributed by atoms with Gasteiger partial charge in [0, 0.05) is 29.6 Å². The molecule has 0 saturated carbocycles. The second kappa shape index (κ2) is 6.63. The molecule has 1 saturated heterocycles. The summed E-state index contributed by atoms with van der Waals surface area (Å²) in [4.78, 5) is 16.4. The standard InChI is InChI=1S/C19H24N2O4S/c1-19(2,3)17-12-15(18(22)23)14-11-13(7-8-16(14)20-17)26(24,25)21-9-5-4-6-10-21/h7-8,11-12H,4-6,9-10H2,1-3H3,(H,22,23). The topological polar surface area (TPSA) is 87.6 Å². The van der Waals surface area contributed by atoms with Crippen molar-refractivity contribution in [3.63, 3.8) is 0 Å². The van der Waals surface area contributed by atoms with E-state index >= 15 is 0 Å². The van der Waals surface area contributed by atoms with Crippen molar-refractivity contribution in [2.24, 2.45) is 0 Å². The fraction of sp³-hybridized carbons (Fsp3) is 0.474. The Bertz CT molecular complexity index is 955. The third-order valence-electron chi connectivity index (χ3n) is 4.73. The quantitative estimate of drug-likeness (QED) is 0.887. The second-order valence-corrected chi connectivity index (χ2v) is 9.69. The van der Waals surface area contributed by atoms with Gasteiger partial charge in [0.1, 0.15) is 0 Å². The maximum Gasteiger partial charge on any atom is 0.336 e. The van der Waals surface area contributed by atoms with Crippen LogP contribution >= 0.6 is 0 Å². The van der Waals surface area contributed by atoms with E-state index in [4.69, 9.17) is 0 Å². The zero-order valence-electron chi connectivity index (χ0n) is 15.3. The highest BCUT2D eigenvalue weighted by Crippen LogP contribution is 2.29. The van der Waals surface area contributed by atoms with Gasteiger partial charge >= 0.3 is 5.97 Å². The van der Waals surface area contributed by atoms with Crippen molar-refractivity contribution in [1.82, 2.24) is 9.29 Å². The van der Waals surface area contributed by atoms with Crippen LogP contribution in [0.5, 0.6) is 0 Å². The third-order valence-corrected chi connectivity index (χ3v) is 6.63. The fourth-order valence-corrected chi connectivity index (χ4v) is 4.72. The molecule has 0 radical (unpaired) electrons. The molecule has 1 fully saturated rings. The molecule has 7 heteroatoms. The van der Waals surface area contributed by atoms with Gasteiger partial charge in [0.15, 0.2) is 0 Å². The molecule has 0 atom stereocenters. The fourth-order valence-electron chi connectivity index (χ4n) is 3.18. The molecule has 1 aliphatic rings. The molecule has 26 heavy (non-hydrogen) atoms. The van der Waals surface area contributed by atoms with Crippen molar-refractivity contribution >= 4 is 26.9 Å². The van der Waals surface area contributed by atoms with Gasteiger partial charge in [-0.25, -0.2) is 13.2 Å². The summed E-state index contributed by atoms with van der Waals surface area (Å²) in [5, 5.41) is 9.98. The smallest absolute Gasteiger partial charge is 0.336 e. The zero-order valence-corrected chi connectivity index (χ0v) is 16.1. The molecule has 0 bridgehead atoms. The van der Waals surface area contributed by atoms with Crippen molar-refractivity contribution in [2.75, 3.05) is 13.1 Å². The van der Waals surface area contributed by atoms with Gasteiger partial charge < -0.3 is 5.11 Å². The van der Waals surface area contributed by atoms with Crippen molar-refractivity contribution < 1.29 is 18.3 Å². The Kier molecular flexibility index (Phi) is 4.79. The number of hydrogen-bond donors (Lipinski definition) is 1. The Morgan fingerprint density at radius 1 is 1.12 bits per heavy atom. The van der Waals surface area contributed by atoms with Crippen LogP contribution in [-0.2, 0) is 15.4 Å². The maximum atomic E-state index is 12.9. The van der Waals surface area contributed by atoms with Gasteiger partial charge in [-0.2, -0.15) is 4.31 Å². The number of aromatic carboxylic acids is 1. The Hall–Kier alpha value is -1.99. The Morgan fingerprint density at radius 3 is 2.35 bits per heavy atom. The summed E-state index contributed by atoms with van der Waals surface area (Å²) in [6.07, 6.45) is 2.74. The molecule has 2 heterocycles. The lowest BCUT2D eigenvalue weighted by Gasteiger charge is -2.26. The van der Waals surface area contributed by atoms with E-state index in [0.29, 0.717) is 29.7 Å². The lowest BCUT2D eigenvalue weighted by Crippen LogP contribution is -2.35. The summed E-state index contributed by atoms with van der Waals surface area (Å²) in [6, 6.07) is 6.12. The molecule has 1 aromatic carbocycles. The Balaban J connectivity index is 2.16. The van der Waals surface area contributed by atoms with E-state index in [1.54, 1.807) is 12.1 Å². The molecule has 3 rings (SSSR count). The highest BCUT2D eigenvalue weighted by atomic mass is 32.2. The number of pyridine rings is 1. The average molecular weight is 376 g/mol. The number of carbonyl (C=O) groups is 1. The lowest BCUT2D eigenvalue weighted by atomic mass is 9.90. The minimum absolute atomic E-state index is 0.0793. The van der Waals surface area contributed by atoms with Crippen LogP contribution in [0.25, 0.3) is 10.9 Å². The summed E-state index contributed by atoms with van der Waals surface area (Å²) < 4.78 is 27.3. The van der Waals surface area contributed by atoms with E-state index in [1.165, 1.54) is 16.4 Å². The number of piperidine rings is 1. The Labute approximate surface area is 153 Å². The SMILES string of the molecule is CC(C)(C)c1cc(C(=O)O)c2cc(S(=O)(=O)N3CCCCC3)ccc2n1. The summed E-state index contributed by atoms with van der Waals surface area (Å²) in [6.45, 7) is 6.90. The molecule has 6 nitrogen and oxygen atoms in total. The van der Waals surface area contributed by atoms with Crippen molar-refractivity contribution in [3.05, 3.63) is 35.5 Å². The number of nitrogens with zero attached hydrogens (tertiary/aromatic N) is 2. The number of fused-ring (bicyclic) bond motifs is 1.